The van der Waals surface area contributed by atoms with E-state index in [4.69, 9.17) is 19.4 Å². The van der Waals surface area contributed by atoms with Crippen LogP contribution in [0, 0.1) is 0 Å². The largest absolute Gasteiger partial charge is 0.494 e. The van der Waals surface area contributed by atoms with Crippen LogP contribution in [0.25, 0.3) is 44.8 Å². The molecule has 0 aliphatic heterocycles. The van der Waals surface area contributed by atoms with E-state index < -0.39 is 0 Å². The summed E-state index contributed by atoms with van der Waals surface area (Å²) in [6, 6.07) is 34.4. The molecule has 0 N–H and O–H groups in total. The maximum atomic E-state index is 6.06. The Morgan fingerprint density at radius 3 is 1.33 bits per heavy atom. The second-order valence-corrected chi connectivity index (χ2v) is 14.1. The highest BCUT2D eigenvalue weighted by Crippen LogP contribution is 2.29. The molecule has 0 amide bonds. The Hall–Kier alpha value is -4.92. The molecule has 6 rings (SSSR count). The molecule has 0 saturated heterocycles. The monoisotopic (exact) mass is 698 g/mol. The van der Waals surface area contributed by atoms with Gasteiger partial charge in [0.2, 0.25) is 0 Å². The Bertz CT molecular complexity index is 1890. The molecule has 2 aromatic heterocycles. The minimum absolute atomic E-state index is 0.540. The van der Waals surface area contributed by atoms with E-state index in [-0.39, 0.29) is 0 Å². The van der Waals surface area contributed by atoms with Crippen molar-refractivity contribution in [3.05, 3.63) is 109 Å². The molecule has 0 radical (unpaired) electrons. The average molecular weight is 699 g/mol. The van der Waals surface area contributed by atoms with Crippen molar-refractivity contribution in [1.29, 1.82) is 0 Å². The molecule has 0 bridgehead atoms. The standard InChI is InChI=1S/C44H54N6O2/c1-33(2)47(5)27-13-31-51-37-23-19-35(20-24-37)43-45-39-15-7-9-17-41(39)49(43)29-11-12-30-50-42-18-10-8-16-40(42)46-44(50)36-21-25-38(26-22-36)52-32-14-28-48(6)34(3)4/h7-12,15-26,33-34H,13-14,27-32H2,1-6H3/b12-11+. The molecule has 272 valence electrons. The van der Waals surface area contributed by atoms with Gasteiger partial charge in [0, 0.05) is 49.4 Å². The number of benzene rings is 4. The summed E-state index contributed by atoms with van der Waals surface area (Å²) in [6.07, 6.45) is 6.45. The van der Waals surface area contributed by atoms with Crippen LogP contribution in [0.1, 0.15) is 40.5 Å². The molecule has 0 unspecified atom stereocenters. The number of allylic oxidation sites excluding steroid dienone is 2. The van der Waals surface area contributed by atoms with Gasteiger partial charge in [0.05, 0.1) is 35.3 Å². The molecule has 6 aromatic rings. The van der Waals surface area contributed by atoms with Gasteiger partial charge in [-0.05, 0) is 127 Å². The van der Waals surface area contributed by atoms with Gasteiger partial charge in [-0.1, -0.05) is 36.4 Å². The summed E-state index contributed by atoms with van der Waals surface area (Å²) in [5.74, 6) is 3.65. The zero-order chi connectivity index (χ0) is 36.5. The lowest BCUT2D eigenvalue weighted by Crippen LogP contribution is -2.28. The minimum atomic E-state index is 0.540. The first kappa shape index (κ1) is 36.9. The Balaban J connectivity index is 1.14. The van der Waals surface area contributed by atoms with E-state index >= 15 is 0 Å². The van der Waals surface area contributed by atoms with Gasteiger partial charge in [-0.15, -0.1) is 0 Å². The smallest absolute Gasteiger partial charge is 0.141 e. The van der Waals surface area contributed by atoms with Gasteiger partial charge < -0.3 is 28.4 Å². The molecule has 4 aromatic carbocycles. The third kappa shape index (κ3) is 9.11. The van der Waals surface area contributed by atoms with Gasteiger partial charge in [-0.25, -0.2) is 9.97 Å². The number of hydrogen-bond donors (Lipinski definition) is 0. The van der Waals surface area contributed by atoms with E-state index in [0.717, 1.165) is 82.3 Å². The Kier molecular flexibility index (Phi) is 12.4. The van der Waals surface area contributed by atoms with E-state index in [1.807, 2.05) is 12.1 Å². The summed E-state index contributed by atoms with van der Waals surface area (Å²) in [7, 11) is 4.31. The van der Waals surface area contributed by atoms with Gasteiger partial charge in [-0.3, -0.25) is 0 Å². The first-order chi connectivity index (χ1) is 25.3. The first-order valence-electron chi connectivity index (χ1n) is 18.7. The van der Waals surface area contributed by atoms with E-state index in [1.54, 1.807) is 0 Å². The van der Waals surface area contributed by atoms with Crippen LogP contribution in [0.4, 0.5) is 0 Å². The second-order valence-electron chi connectivity index (χ2n) is 14.1. The van der Waals surface area contributed by atoms with E-state index in [1.165, 1.54) is 0 Å². The number of rotatable bonds is 18. The zero-order valence-corrected chi connectivity index (χ0v) is 31.7. The Morgan fingerprint density at radius 2 is 0.942 bits per heavy atom. The number of para-hydroxylation sites is 4. The highest BCUT2D eigenvalue weighted by molar-refractivity contribution is 5.82. The lowest BCUT2D eigenvalue weighted by molar-refractivity contribution is 0.234. The zero-order valence-electron chi connectivity index (χ0n) is 31.7. The van der Waals surface area contributed by atoms with Crippen LogP contribution in [0.15, 0.2) is 109 Å². The van der Waals surface area contributed by atoms with Crippen LogP contribution in [0.2, 0.25) is 0 Å². The van der Waals surface area contributed by atoms with E-state index in [2.05, 4.69) is 158 Å². The van der Waals surface area contributed by atoms with Crippen LogP contribution in [-0.4, -0.2) is 81.4 Å². The number of imidazole rings is 2. The Labute approximate surface area is 309 Å². The number of nitrogens with zero attached hydrogens (tertiary/aromatic N) is 6. The summed E-state index contributed by atoms with van der Waals surface area (Å²) in [5.41, 5.74) is 6.32. The van der Waals surface area contributed by atoms with Crippen molar-refractivity contribution in [2.24, 2.45) is 0 Å². The SMILES string of the molecule is CC(C)N(C)CCCOc1ccc(-c2nc3ccccc3n2C/C=C/Cn2c(-c3ccc(OCCCN(C)C(C)C)cc3)nc3ccccc32)cc1. The van der Waals surface area contributed by atoms with E-state index in [9.17, 15) is 0 Å². The summed E-state index contributed by atoms with van der Waals surface area (Å²) < 4.78 is 16.7. The Morgan fingerprint density at radius 1 is 0.558 bits per heavy atom. The van der Waals surface area contributed by atoms with Crippen LogP contribution in [-0.2, 0) is 13.1 Å². The highest BCUT2D eigenvalue weighted by Gasteiger charge is 2.14. The molecular weight excluding hydrogens is 645 g/mol. The van der Waals surface area contributed by atoms with Crippen molar-refractivity contribution in [1.82, 2.24) is 28.9 Å². The topological polar surface area (TPSA) is 60.6 Å². The van der Waals surface area contributed by atoms with Crippen molar-refractivity contribution in [3.63, 3.8) is 0 Å². The second kappa shape index (κ2) is 17.5. The predicted molar refractivity (Wildman–Crippen MR) is 215 cm³/mol. The predicted octanol–water partition coefficient (Wildman–Crippen LogP) is 9.19. The van der Waals surface area contributed by atoms with Crippen LogP contribution >= 0.6 is 0 Å². The molecule has 0 saturated carbocycles. The maximum absolute atomic E-state index is 6.06. The van der Waals surface area contributed by atoms with Crippen LogP contribution in [0.5, 0.6) is 11.5 Å². The maximum Gasteiger partial charge on any atom is 0.141 e. The molecule has 0 aliphatic carbocycles. The summed E-state index contributed by atoms with van der Waals surface area (Å²) in [4.78, 5) is 14.8. The lowest BCUT2D eigenvalue weighted by atomic mass is 10.2. The number of ether oxygens (including phenoxy) is 2. The molecule has 0 spiro atoms. The van der Waals surface area contributed by atoms with Crippen molar-refractivity contribution in [3.8, 4) is 34.3 Å². The molecular formula is C44H54N6O2. The first-order valence-corrected chi connectivity index (χ1v) is 18.7. The van der Waals surface area contributed by atoms with E-state index in [0.29, 0.717) is 38.4 Å². The van der Waals surface area contributed by atoms with Gasteiger partial charge >= 0.3 is 0 Å². The molecule has 8 heteroatoms. The summed E-state index contributed by atoms with van der Waals surface area (Å²) >= 11 is 0. The van der Waals surface area contributed by atoms with Crippen molar-refractivity contribution < 1.29 is 9.47 Å². The average Bonchev–Trinajstić information content (AvgIpc) is 3.72. The molecule has 52 heavy (non-hydrogen) atoms. The summed E-state index contributed by atoms with van der Waals surface area (Å²) in [6.45, 7) is 13.7. The minimum Gasteiger partial charge on any atom is -0.494 e. The highest BCUT2D eigenvalue weighted by atomic mass is 16.5. The molecule has 0 atom stereocenters. The van der Waals surface area contributed by atoms with Gasteiger partial charge in [0.25, 0.3) is 0 Å². The summed E-state index contributed by atoms with van der Waals surface area (Å²) in [5, 5.41) is 0. The third-order valence-electron chi connectivity index (χ3n) is 9.89. The van der Waals surface area contributed by atoms with Crippen LogP contribution < -0.4 is 9.47 Å². The third-order valence-corrected chi connectivity index (χ3v) is 9.89. The van der Waals surface area contributed by atoms with Gasteiger partial charge in [-0.2, -0.15) is 0 Å². The number of hydrogen-bond acceptors (Lipinski definition) is 6. The fraction of sp³-hybridized carbons (Fsp3) is 0.364. The number of aromatic nitrogens is 4. The molecule has 8 nitrogen and oxygen atoms in total. The lowest BCUT2D eigenvalue weighted by Gasteiger charge is -2.20. The van der Waals surface area contributed by atoms with Gasteiger partial charge in [0.1, 0.15) is 23.1 Å². The fourth-order valence-corrected chi connectivity index (χ4v) is 6.25. The van der Waals surface area contributed by atoms with Gasteiger partial charge in [0.15, 0.2) is 0 Å². The van der Waals surface area contributed by atoms with Crippen LogP contribution in [0.3, 0.4) is 0 Å². The quantitative estimate of drug-likeness (QED) is 0.0659. The van der Waals surface area contributed by atoms with Crippen molar-refractivity contribution in [2.45, 2.75) is 65.7 Å². The molecule has 2 heterocycles. The fourth-order valence-electron chi connectivity index (χ4n) is 6.25. The number of fused-ring (bicyclic) bond motifs is 2. The van der Waals surface area contributed by atoms with Crippen molar-refractivity contribution >= 4 is 22.1 Å². The molecule has 0 aliphatic rings. The normalized spacial score (nSPS) is 12.1. The molecule has 0 fully saturated rings. The van der Waals surface area contributed by atoms with Crippen molar-refractivity contribution in [2.75, 3.05) is 40.4 Å².